The SMILES string of the molecule is C[C@@H]1CC[C@H]2N1C(=O)CCC2(C)C. The summed E-state index contributed by atoms with van der Waals surface area (Å²) in [6.45, 7) is 6.78. The number of hydrogen-bond donors (Lipinski definition) is 0. The lowest BCUT2D eigenvalue weighted by molar-refractivity contribution is -0.141. The molecule has 0 aromatic carbocycles. The molecule has 0 aromatic rings. The minimum Gasteiger partial charge on any atom is -0.336 e. The topological polar surface area (TPSA) is 20.3 Å². The zero-order chi connectivity index (χ0) is 9.64. The fourth-order valence-electron chi connectivity index (χ4n) is 2.90. The van der Waals surface area contributed by atoms with Crippen LogP contribution in [0.5, 0.6) is 0 Å². The Kier molecular flexibility index (Phi) is 1.90. The third-order valence-corrected chi connectivity index (χ3v) is 3.84. The van der Waals surface area contributed by atoms with Gasteiger partial charge in [-0.15, -0.1) is 0 Å². The van der Waals surface area contributed by atoms with Crippen LogP contribution in [0, 0.1) is 5.41 Å². The van der Waals surface area contributed by atoms with Gasteiger partial charge in [0.25, 0.3) is 0 Å². The molecular weight excluding hydrogens is 162 g/mol. The predicted molar refractivity (Wildman–Crippen MR) is 52.3 cm³/mol. The van der Waals surface area contributed by atoms with Gasteiger partial charge in [-0.25, -0.2) is 0 Å². The van der Waals surface area contributed by atoms with Gasteiger partial charge in [-0.2, -0.15) is 0 Å². The quantitative estimate of drug-likeness (QED) is 0.561. The largest absolute Gasteiger partial charge is 0.336 e. The maximum atomic E-state index is 11.7. The van der Waals surface area contributed by atoms with Crippen molar-refractivity contribution in [3.8, 4) is 0 Å². The van der Waals surface area contributed by atoms with Crippen LogP contribution in [0.15, 0.2) is 0 Å². The number of carbonyl (C=O) groups excluding carboxylic acids is 1. The van der Waals surface area contributed by atoms with Gasteiger partial charge in [0.15, 0.2) is 0 Å². The van der Waals surface area contributed by atoms with Crippen molar-refractivity contribution in [2.24, 2.45) is 5.41 Å². The Labute approximate surface area is 80.3 Å². The molecule has 2 atom stereocenters. The number of amides is 1. The van der Waals surface area contributed by atoms with E-state index in [1.807, 2.05) is 0 Å². The third kappa shape index (κ3) is 1.27. The first-order valence-corrected chi connectivity index (χ1v) is 5.33. The molecule has 0 aromatic heterocycles. The maximum absolute atomic E-state index is 11.7. The van der Waals surface area contributed by atoms with E-state index >= 15 is 0 Å². The highest BCUT2D eigenvalue weighted by atomic mass is 16.2. The molecule has 2 fully saturated rings. The first-order chi connectivity index (χ1) is 6.02. The van der Waals surface area contributed by atoms with Gasteiger partial charge in [0.05, 0.1) is 0 Å². The molecule has 2 aliphatic rings. The van der Waals surface area contributed by atoms with E-state index in [2.05, 4.69) is 25.7 Å². The van der Waals surface area contributed by atoms with Crippen molar-refractivity contribution in [3.05, 3.63) is 0 Å². The highest BCUT2D eigenvalue weighted by Gasteiger charge is 2.46. The van der Waals surface area contributed by atoms with Crippen molar-refractivity contribution in [2.45, 2.75) is 58.5 Å². The van der Waals surface area contributed by atoms with Crippen molar-refractivity contribution in [3.63, 3.8) is 0 Å². The molecule has 2 aliphatic heterocycles. The molecule has 1 amide bonds. The van der Waals surface area contributed by atoms with E-state index in [9.17, 15) is 4.79 Å². The van der Waals surface area contributed by atoms with Crippen molar-refractivity contribution in [1.29, 1.82) is 0 Å². The molecule has 2 heteroatoms. The summed E-state index contributed by atoms with van der Waals surface area (Å²) in [6.07, 6.45) is 4.23. The van der Waals surface area contributed by atoms with Gasteiger partial charge >= 0.3 is 0 Å². The van der Waals surface area contributed by atoms with Gasteiger partial charge in [-0.3, -0.25) is 4.79 Å². The predicted octanol–water partition coefficient (Wildman–Crippen LogP) is 2.19. The van der Waals surface area contributed by atoms with Crippen LogP contribution in [-0.2, 0) is 4.79 Å². The van der Waals surface area contributed by atoms with Gasteiger partial charge in [-0.05, 0) is 31.6 Å². The summed E-state index contributed by atoms with van der Waals surface area (Å²) >= 11 is 0. The summed E-state index contributed by atoms with van der Waals surface area (Å²) in [5, 5.41) is 0. The molecule has 2 saturated heterocycles. The molecule has 0 aliphatic carbocycles. The first kappa shape index (κ1) is 9.04. The summed E-state index contributed by atoms with van der Waals surface area (Å²) in [6, 6.07) is 1.00. The molecule has 13 heavy (non-hydrogen) atoms. The Bertz CT molecular complexity index is 234. The van der Waals surface area contributed by atoms with Crippen molar-refractivity contribution in [1.82, 2.24) is 4.90 Å². The van der Waals surface area contributed by atoms with E-state index < -0.39 is 0 Å². The highest BCUT2D eigenvalue weighted by Crippen LogP contribution is 2.43. The summed E-state index contributed by atoms with van der Waals surface area (Å²) < 4.78 is 0. The van der Waals surface area contributed by atoms with Crippen molar-refractivity contribution >= 4 is 5.91 Å². The Hall–Kier alpha value is -0.530. The Morgan fingerprint density at radius 1 is 1.38 bits per heavy atom. The van der Waals surface area contributed by atoms with Gasteiger partial charge in [-0.1, -0.05) is 13.8 Å². The van der Waals surface area contributed by atoms with E-state index in [4.69, 9.17) is 0 Å². The lowest BCUT2D eigenvalue weighted by atomic mass is 9.76. The van der Waals surface area contributed by atoms with Crippen LogP contribution in [0.1, 0.15) is 46.5 Å². The van der Waals surface area contributed by atoms with Crippen LogP contribution in [0.2, 0.25) is 0 Å². The molecule has 0 N–H and O–H groups in total. The molecule has 0 spiro atoms. The zero-order valence-electron chi connectivity index (χ0n) is 8.84. The fourth-order valence-corrected chi connectivity index (χ4v) is 2.90. The average Bonchev–Trinajstić information content (AvgIpc) is 2.42. The smallest absolute Gasteiger partial charge is 0.223 e. The van der Waals surface area contributed by atoms with E-state index in [0.29, 0.717) is 23.4 Å². The summed E-state index contributed by atoms with van der Waals surface area (Å²) in [5.41, 5.74) is 0.346. The Morgan fingerprint density at radius 3 is 2.69 bits per heavy atom. The van der Waals surface area contributed by atoms with Gasteiger partial charge in [0, 0.05) is 18.5 Å². The molecule has 2 nitrogen and oxygen atoms in total. The van der Waals surface area contributed by atoms with Gasteiger partial charge in [0.2, 0.25) is 5.91 Å². The summed E-state index contributed by atoms with van der Waals surface area (Å²) in [7, 11) is 0. The zero-order valence-corrected chi connectivity index (χ0v) is 8.84. The summed E-state index contributed by atoms with van der Waals surface area (Å²) in [4.78, 5) is 13.8. The van der Waals surface area contributed by atoms with E-state index in [-0.39, 0.29) is 0 Å². The second-order valence-corrected chi connectivity index (χ2v) is 5.23. The fraction of sp³-hybridized carbons (Fsp3) is 0.909. The van der Waals surface area contributed by atoms with Crippen LogP contribution in [0.25, 0.3) is 0 Å². The van der Waals surface area contributed by atoms with E-state index in [0.717, 1.165) is 12.8 Å². The number of rotatable bonds is 0. The highest BCUT2D eigenvalue weighted by molar-refractivity contribution is 5.78. The maximum Gasteiger partial charge on any atom is 0.223 e. The lowest BCUT2D eigenvalue weighted by Gasteiger charge is -2.44. The second kappa shape index (κ2) is 2.73. The van der Waals surface area contributed by atoms with Crippen molar-refractivity contribution < 1.29 is 4.79 Å². The Balaban J connectivity index is 2.26. The van der Waals surface area contributed by atoms with E-state index in [1.165, 1.54) is 12.8 Å². The molecule has 0 bridgehead atoms. The second-order valence-electron chi connectivity index (χ2n) is 5.23. The van der Waals surface area contributed by atoms with E-state index in [1.54, 1.807) is 0 Å². The number of fused-ring (bicyclic) bond motifs is 1. The Morgan fingerprint density at radius 2 is 2.08 bits per heavy atom. The van der Waals surface area contributed by atoms with Crippen LogP contribution in [0.4, 0.5) is 0 Å². The lowest BCUT2D eigenvalue weighted by Crippen LogP contribution is -2.51. The average molecular weight is 181 g/mol. The first-order valence-electron chi connectivity index (χ1n) is 5.33. The van der Waals surface area contributed by atoms with Gasteiger partial charge in [0.1, 0.15) is 0 Å². The normalized spacial score (nSPS) is 37.8. The monoisotopic (exact) mass is 181 g/mol. The molecular formula is C11H19NO. The van der Waals surface area contributed by atoms with Crippen molar-refractivity contribution in [2.75, 3.05) is 0 Å². The molecule has 2 rings (SSSR count). The standard InChI is InChI=1S/C11H19NO/c1-8-4-5-9-11(2,3)7-6-10(13)12(8)9/h8-9H,4-7H2,1-3H3/t8-,9-/m1/s1. The minimum absolute atomic E-state index is 0.346. The van der Waals surface area contributed by atoms with Crippen LogP contribution < -0.4 is 0 Å². The molecule has 0 radical (unpaired) electrons. The van der Waals surface area contributed by atoms with Gasteiger partial charge < -0.3 is 4.90 Å². The minimum atomic E-state index is 0.346. The number of piperidine rings is 1. The molecule has 0 unspecified atom stereocenters. The molecule has 2 heterocycles. The van der Waals surface area contributed by atoms with Crippen LogP contribution in [-0.4, -0.2) is 22.9 Å². The summed E-state index contributed by atoms with van der Waals surface area (Å²) in [5.74, 6) is 0.384. The third-order valence-electron chi connectivity index (χ3n) is 3.84. The van der Waals surface area contributed by atoms with Crippen LogP contribution >= 0.6 is 0 Å². The number of hydrogen-bond acceptors (Lipinski definition) is 1. The molecule has 0 saturated carbocycles. The number of carbonyl (C=O) groups is 1. The number of nitrogens with zero attached hydrogens (tertiary/aromatic N) is 1. The molecule has 74 valence electrons. The van der Waals surface area contributed by atoms with Crippen LogP contribution in [0.3, 0.4) is 0 Å².